The quantitative estimate of drug-likeness (QED) is 0.909. The van der Waals surface area contributed by atoms with E-state index in [2.05, 4.69) is 20.1 Å². The predicted molar refractivity (Wildman–Crippen MR) is 98.2 cm³/mol. The fourth-order valence-electron chi connectivity index (χ4n) is 4.09. The van der Waals surface area contributed by atoms with Crippen molar-refractivity contribution in [1.82, 2.24) is 14.8 Å². The van der Waals surface area contributed by atoms with Crippen LogP contribution in [-0.2, 0) is 17.8 Å². The Morgan fingerprint density at radius 2 is 1.84 bits per heavy atom. The molecule has 1 N–H and O–H groups in total. The van der Waals surface area contributed by atoms with Gasteiger partial charge < -0.3 is 9.88 Å². The fourth-order valence-corrected chi connectivity index (χ4v) is 4.09. The summed E-state index contributed by atoms with van der Waals surface area (Å²) in [7, 11) is 0. The van der Waals surface area contributed by atoms with Crippen LogP contribution in [-0.4, -0.2) is 20.7 Å². The molecule has 1 aromatic carbocycles. The number of aromatic nitrogens is 3. The Kier molecular flexibility index (Phi) is 4.81. The molecule has 5 nitrogen and oxygen atoms in total. The normalized spacial score (nSPS) is 17.9. The third-order valence-electron chi connectivity index (χ3n) is 5.49. The summed E-state index contributed by atoms with van der Waals surface area (Å²) in [6, 6.07) is 8.00. The largest absolute Gasteiger partial charge is 0.326 e. The molecule has 0 bridgehead atoms. The first-order valence-electron chi connectivity index (χ1n) is 9.62. The number of benzene rings is 1. The summed E-state index contributed by atoms with van der Waals surface area (Å²) in [6.45, 7) is 0.998. The molecule has 0 atom stereocenters. The van der Waals surface area contributed by atoms with Gasteiger partial charge in [-0.1, -0.05) is 19.3 Å². The first kappa shape index (κ1) is 16.3. The lowest BCUT2D eigenvalue weighted by Crippen LogP contribution is -2.18. The lowest BCUT2D eigenvalue weighted by atomic mass is 9.87. The van der Waals surface area contributed by atoms with Gasteiger partial charge in [0.2, 0.25) is 5.91 Å². The lowest BCUT2D eigenvalue weighted by Gasteiger charge is -2.20. The monoisotopic (exact) mass is 338 g/mol. The van der Waals surface area contributed by atoms with Gasteiger partial charge in [-0.25, -0.2) is 0 Å². The van der Waals surface area contributed by atoms with Crippen LogP contribution in [0.25, 0.3) is 11.4 Å². The number of carbonyl (C=O) groups excluding carboxylic acids is 1. The van der Waals surface area contributed by atoms with Gasteiger partial charge in [-0.15, -0.1) is 10.2 Å². The maximum atomic E-state index is 12.2. The highest BCUT2D eigenvalue weighted by Gasteiger charge is 2.18. The Bertz CT molecular complexity index is 729. The maximum absolute atomic E-state index is 12.2. The van der Waals surface area contributed by atoms with E-state index in [4.69, 9.17) is 0 Å². The molecule has 1 saturated carbocycles. The molecule has 2 heterocycles. The first-order chi connectivity index (χ1) is 12.3. The SMILES string of the molecule is O=C(CC1CCCCC1)Nc1ccc(-c2nnc3n2CCCC3)cc1. The van der Waals surface area contributed by atoms with Gasteiger partial charge in [0.25, 0.3) is 0 Å². The highest BCUT2D eigenvalue weighted by Crippen LogP contribution is 2.27. The molecule has 4 rings (SSSR count). The van der Waals surface area contributed by atoms with E-state index in [1.807, 2.05) is 24.3 Å². The summed E-state index contributed by atoms with van der Waals surface area (Å²) in [5, 5.41) is 11.7. The molecule has 1 amide bonds. The van der Waals surface area contributed by atoms with E-state index in [1.165, 1.54) is 44.9 Å². The number of nitrogens with one attached hydrogen (secondary N) is 1. The minimum Gasteiger partial charge on any atom is -0.326 e. The maximum Gasteiger partial charge on any atom is 0.224 e. The van der Waals surface area contributed by atoms with Crippen molar-refractivity contribution in [3.8, 4) is 11.4 Å². The first-order valence-corrected chi connectivity index (χ1v) is 9.62. The van der Waals surface area contributed by atoms with Gasteiger partial charge in [0.1, 0.15) is 5.82 Å². The van der Waals surface area contributed by atoms with Crippen LogP contribution in [0.4, 0.5) is 5.69 Å². The third-order valence-corrected chi connectivity index (χ3v) is 5.49. The topological polar surface area (TPSA) is 59.8 Å². The minimum atomic E-state index is 0.138. The van der Waals surface area contributed by atoms with Crippen LogP contribution in [0.2, 0.25) is 0 Å². The van der Waals surface area contributed by atoms with Crippen LogP contribution in [0.1, 0.15) is 57.2 Å². The number of hydrogen-bond donors (Lipinski definition) is 1. The van der Waals surface area contributed by atoms with Gasteiger partial charge in [0, 0.05) is 30.6 Å². The predicted octanol–water partition coefficient (Wildman–Crippen LogP) is 4.19. The van der Waals surface area contributed by atoms with Gasteiger partial charge in [-0.3, -0.25) is 4.79 Å². The zero-order valence-corrected chi connectivity index (χ0v) is 14.7. The van der Waals surface area contributed by atoms with E-state index in [0.717, 1.165) is 35.9 Å². The number of fused-ring (bicyclic) bond motifs is 1. The smallest absolute Gasteiger partial charge is 0.224 e. The molecular formula is C20H26N4O. The number of amides is 1. The second-order valence-corrected chi connectivity index (χ2v) is 7.38. The van der Waals surface area contributed by atoms with Crippen LogP contribution in [0.5, 0.6) is 0 Å². The summed E-state index contributed by atoms with van der Waals surface area (Å²) >= 11 is 0. The molecule has 1 fully saturated rings. The van der Waals surface area contributed by atoms with Crippen molar-refractivity contribution in [1.29, 1.82) is 0 Å². The molecule has 0 saturated heterocycles. The van der Waals surface area contributed by atoms with Crippen molar-refractivity contribution in [3.05, 3.63) is 30.1 Å². The van der Waals surface area contributed by atoms with E-state index in [0.29, 0.717) is 12.3 Å². The molecule has 0 spiro atoms. The molecule has 1 aliphatic heterocycles. The highest BCUT2D eigenvalue weighted by molar-refractivity contribution is 5.91. The summed E-state index contributed by atoms with van der Waals surface area (Å²) in [5.74, 6) is 2.73. The van der Waals surface area contributed by atoms with Crippen LogP contribution >= 0.6 is 0 Å². The second-order valence-electron chi connectivity index (χ2n) is 7.38. The molecule has 1 aliphatic carbocycles. The standard InChI is InChI=1S/C20H26N4O/c25-19(14-15-6-2-1-3-7-15)21-17-11-9-16(10-12-17)20-23-22-18-8-4-5-13-24(18)20/h9-12,15H,1-8,13-14H2,(H,21,25). The second kappa shape index (κ2) is 7.38. The lowest BCUT2D eigenvalue weighted by molar-refractivity contribution is -0.117. The molecular weight excluding hydrogens is 312 g/mol. The molecule has 132 valence electrons. The average molecular weight is 338 g/mol. The molecule has 25 heavy (non-hydrogen) atoms. The number of nitrogens with zero attached hydrogens (tertiary/aromatic N) is 3. The van der Waals surface area contributed by atoms with Crippen LogP contribution in [0.15, 0.2) is 24.3 Å². The van der Waals surface area contributed by atoms with Crippen LogP contribution < -0.4 is 5.32 Å². The number of rotatable bonds is 4. The van der Waals surface area contributed by atoms with Gasteiger partial charge >= 0.3 is 0 Å². The van der Waals surface area contributed by atoms with E-state index in [9.17, 15) is 4.79 Å². The molecule has 0 unspecified atom stereocenters. The van der Waals surface area contributed by atoms with Gasteiger partial charge in [-0.2, -0.15) is 0 Å². The molecule has 0 radical (unpaired) electrons. The van der Waals surface area contributed by atoms with Crippen LogP contribution in [0, 0.1) is 5.92 Å². The van der Waals surface area contributed by atoms with Crippen molar-refractivity contribution in [2.75, 3.05) is 5.32 Å². The summed E-state index contributed by atoms with van der Waals surface area (Å²) in [5.41, 5.74) is 1.92. The third kappa shape index (κ3) is 3.75. The number of aryl methyl sites for hydroxylation is 1. The van der Waals surface area contributed by atoms with Crippen molar-refractivity contribution >= 4 is 11.6 Å². The summed E-state index contributed by atoms with van der Waals surface area (Å²) < 4.78 is 2.22. The van der Waals surface area contributed by atoms with E-state index in [1.54, 1.807) is 0 Å². The van der Waals surface area contributed by atoms with Crippen molar-refractivity contribution in [3.63, 3.8) is 0 Å². The number of carbonyl (C=O) groups is 1. The summed E-state index contributed by atoms with van der Waals surface area (Å²) in [4.78, 5) is 12.2. The van der Waals surface area contributed by atoms with Crippen molar-refractivity contribution < 1.29 is 4.79 Å². The zero-order chi connectivity index (χ0) is 17.1. The van der Waals surface area contributed by atoms with Crippen molar-refractivity contribution in [2.45, 2.75) is 64.3 Å². The minimum absolute atomic E-state index is 0.138. The van der Waals surface area contributed by atoms with Crippen molar-refractivity contribution in [2.24, 2.45) is 5.92 Å². The van der Waals surface area contributed by atoms with Crippen LogP contribution in [0.3, 0.4) is 0 Å². The van der Waals surface area contributed by atoms with Gasteiger partial charge in [0.15, 0.2) is 5.82 Å². The van der Waals surface area contributed by atoms with E-state index in [-0.39, 0.29) is 5.91 Å². The fraction of sp³-hybridized carbons (Fsp3) is 0.550. The zero-order valence-electron chi connectivity index (χ0n) is 14.7. The Labute approximate surface area is 148 Å². The molecule has 1 aromatic heterocycles. The van der Waals surface area contributed by atoms with Gasteiger partial charge in [-0.05, 0) is 55.9 Å². The average Bonchev–Trinajstić information content (AvgIpc) is 3.07. The number of anilines is 1. The Morgan fingerprint density at radius 1 is 1.04 bits per heavy atom. The Morgan fingerprint density at radius 3 is 2.64 bits per heavy atom. The van der Waals surface area contributed by atoms with Gasteiger partial charge in [0.05, 0.1) is 0 Å². The summed E-state index contributed by atoms with van der Waals surface area (Å²) in [6.07, 6.45) is 10.3. The number of hydrogen-bond acceptors (Lipinski definition) is 3. The highest BCUT2D eigenvalue weighted by atomic mass is 16.1. The van der Waals surface area contributed by atoms with E-state index < -0.39 is 0 Å². The van der Waals surface area contributed by atoms with E-state index >= 15 is 0 Å². The Hall–Kier alpha value is -2.17. The molecule has 5 heteroatoms. The molecule has 2 aromatic rings. The molecule has 2 aliphatic rings. The Balaban J connectivity index is 1.40.